The fraction of sp³-hybridized carbons (Fsp3) is 0.650. The van der Waals surface area contributed by atoms with Gasteiger partial charge in [-0.2, -0.15) is 0 Å². The van der Waals surface area contributed by atoms with Crippen molar-refractivity contribution in [2.45, 2.75) is 50.6 Å². The van der Waals surface area contributed by atoms with Gasteiger partial charge in [0.25, 0.3) is 0 Å². The number of rotatable bonds is 7. The SMILES string of the molecule is CN(CC(=O)NCC1(N2CCCC2)CCCC1)Cc1ccc(F)cc1. The van der Waals surface area contributed by atoms with E-state index in [1.165, 1.54) is 63.7 Å². The number of nitrogens with zero attached hydrogens (tertiary/aromatic N) is 2. The van der Waals surface area contributed by atoms with Crippen molar-refractivity contribution < 1.29 is 9.18 Å². The average molecular weight is 347 g/mol. The summed E-state index contributed by atoms with van der Waals surface area (Å²) in [6.45, 7) is 4.15. The quantitative estimate of drug-likeness (QED) is 0.824. The molecule has 1 aromatic carbocycles. The fourth-order valence-corrected chi connectivity index (χ4v) is 4.35. The normalized spacial score (nSPS) is 20.3. The largest absolute Gasteiger partial charge is 0.353 e. The van der Waals surface area contributed by atoms with Crippen molar-refractivity contribution in [2.75, 3.05) is 33.2 Å². The molecule has 5 heteroatoms. The lowest BCUT2D eigenvalue weighted by molar-refractivity contribution is -0.122. The Morgan fingerprint density at radius 3 is 2.44 bits per heavy atom. The van der Waals surface area contributed by atoms with Crippen LogP contribution < -0.4 is 5.32 Å². The van der Waals surface area contributed by atoms with E-state index in [0.29, 0.717) is 13.1 Å². The third-order valence-corrected chi connectivity index (χ3v) is 5.71. The lowest BCUT2D eigenvalue weighted by Gasteiger charge is -2.39. The number of likely N-dealkylation sites (N-methyl/N-ethyl adjacent to an activating group) is 1. The molecule has 1 aliphatic heterocycles. The monoisotopic (exact) mass is 347 g/mol. The molecule has 0 atom stereocenters. The van der Waals surface area contributed by atoms with Crippen molar-refractivity contribution in [3.63, 3.8) is 0 Å². The molecule has 1 amide bonds. The van der Waals surface area contributed by atoms with Crippen LogP contribution in [0.3, 0.4) is 0 Å². The molecule has 1 saturated heterocycles. The van der Waals surface area contributed by atoms with Gasteiger partial charge in [0.15, 0.2) is 0 Å². The molecule has 1 N–H and O–H groups in total. The van der Waals surface area contributed by atoms with Gasteiger partial charge in [0, 0.05) is 18.6 Å². The minimum Gasteiger partial charge on any atom is -0.353 e. The summed E-state index contributed by atoms with van der Waals surface area (Å²) in [4.78, 5) is 17.0. The van der Waals surface area contributed by atoms with Crippen molar-refractivity contribution in [1.29, 1.82) is 0 Å². The number of carbonyl (C=O) groups is 1. The third-order valence-electron chi connectivity index (χ3n) is 5.71. The topological polar surface area (TPSA) is 35.6 Å². The summed E-state index contributed by atoms with van der Waals surface area (Å²) in [5.41, 5.74) is 1.21. The first-order valence-corrected chi connectivity index (χ1v) is 9.52. The molecule has 2 aliphatic rings. The summed E-state index contributed by atoms with van der Waals surface area (Å²) in [6, 6.07) is 6.46. The Morgan fingerprint density at radius 2 is 1.80 bits per heavy atom. The van der Waals surface area contributed by atoms with Crippen molar-refractivity contribution >= 4 is 5.91 Å². The number of carbonyl (C=O) groups excluding carboxylic acids is 1. The second-order valence-corrected chi connectivity index (χ2v) is 7.70. The molecule has 0 bridgehead atoms. The van der Waals surface area contributed by atoms with Crippen LogP contribution in [0.5, 0.6) is 0 Å². The maximum absolute atomic E-state index is 13.0. The van der Waals surface area contributed by atoms with Gasteiger partial charge in [-0.1, -0.05) is 25.0 Å². The lowest BCUT2D eigenvalue weighted by Crippen LogP contribution is -2.53. The minimum absolute atomic E-state index is 0.0788. The molecule has 0 unspecified atom stereocenters. The van der Waals surface area contributed by atoms with Gasteiger partial charge in [-0.15, -0.1) is 0 Å². The van der Waals surface area contributed by atoms with Crippen LogP contribution in [0.1, 0.15) is 44.1 Å². The third kappa shape index (κ3) is 4.79. The van der Waals surface area contributed by atoms with E-state index in [0.717, 1.165) is 12.1 Å². The number of hydrogen-bond acceptors (Lipinski definition) is 3. The molecule has 0 aromatic heterocycles. The van der Waals surface area contributed by atoms with Crippen LogP contribution in [0.25, 0.3) is 0 Å². The summed E-state index contributed by atoms with van der Waals surface area (Å²) in [5, 5.41) is 3.19. The van der Waals surface area contributed by atoms with Gasteiger partial charge in [0.05, 0.1) is 6.54 Å². The number of hydrogen-bond donors (Lipinski definition) is 1. The number of amides is 1. The molecule has 25 heavy (non-hydrogen) atoms. The van der Waals surface area contributed by atoms with Crippen LogP contribution in [0, 0.1) is 5.82 Å². The summed E-state index contributed by atoms with van der Waals surface area (Å²) >= 11 is 0. The minimum atomic E-state index is -0.229. The van der Waals surface area contributed by atoms with Crippen LogP contribution in [0.15, 0.2) is 24.3 Å². The molecule has 138 valence electrons. The van der Waals surface area contributed by atoms with Crippen LogP contribution in [0.2, 0.25) is 0 Å². The highest BCUT2D eigenvalue weighted by molar-refractivity contribution is 5.78. The lowest BCUT2D eigenvalue weighted by atomic mass is 9.95. The molecule has 1 aromatic rings. The Labute approximate surface area is 150 Å². The van der Waals surface area contributed by atoms with Gasteiger partial charge in [-0.05, 0) is 63.5 Å². The zero-order chi connectivity index (χ0) is 17.7. The Balaban J connectivity index is 1.47. The Bertz CT molecular complexity index is 563. The van der Waals surface area contributed by atoms with E-state index >= 15 is 0 Å². The van der Waals surface area contributed by atoms with E-state index in [1.54, 1.807) is 12.1 Å². The van der Waals surface area contributed by atoms with Gasteiger partial charge >= 0.3 is 0 Å². The maximum atomic E-state index is 13.0. The van der Waals surface area contributed by atoms with E-state index < -0.39 is 0 Å². The first-order valence-electron chi connectivity index (χ1n) is 9.52. The fourth-order valence-electron chi connectivity index (χ4n) is 4.35. The predicted octanol–water partition coefficient (Wildman–Crippen LogP) is 2.78. The summed E-state index contributed by atoms with van der Waals surface area (Å²) < 4.78 is 13.0. The molecule has 1 saturated carbocycles. The van der Waals surface area contributed by atoms with Crippen LogP contribution in [-0.2, 0) is 11.3 Å². The second-order valence-electron chi connectivity index (χ2n) is 7.70. The second kappa shape index (κ2) is 8.28. The summed E-state index contributed by atoms with van der Waals surface area (Å²) in [6.07, 6.45) is 7.54. The molecule has 0 radical (unpaired) electrons. The molecule has 4 nitrogen and oxygen atoms in total. The Kier molecular flexibility index (Phi) is 6.07. The highest BCUT2D eigenvalue weighted by atomic mass is 19.1. The zero-order valence-electron chi connectivity index (χ0n) is 15.3. The molecule has 1 aliphatic carbocycles. The van der Waals surface area contributed by atoms with Crippen molar-refractivity contribution in [2.24, 2.45) is 0 Å². The highest BCUT2D eigenvalue weighted by Crippen LogP contribution is 2.36. The van der Waals surface area contributed by atoms with Gasteiger partial charge < -0.3 is 5.32 Å². The molecular formula is C20H30FN3O. The first kappa shape index (κ1) is 18.3. The summed E-state index contributed by atoms with van der Waals surface area (Å²) in [7, 11) is 1.93. The zero-order valence-corrected chi connectivity index (χ0v) is 15.3. The van der Waals surface area contributed by atoms with Gasteiger partial charge in [0.2, 0.25) is 5.91 Å². The van der Waals surface area contributed by atoms with E-state index in [1.807, 2.05) is 11.9 Å². The standard InChI is InChI=1S/C20H30FN3O/c1-23(14-17-6-8-18(21)9-7-17)15-19(25)22-16-20(10-2-3-11-20)24-12-4-5-13-24/h6-9H,2-5,10-16H2,1H3,(H,22,25). The number of nitrogens with one attached hydrogen (secondary N) is 1. The van der Waals surface area contributed by atoms with Crippen LogP contribution >= 0.6 is 0 Å². The predicted molar refractivity (Wildman–Crippen MR) is 97.7 cm³/mol. The molecule has 3 rings (SSSR count). The number of benzene rings is 1. The number of halogens is 1. The molecule has 1 heterocycles. The summed E-state index contributed by atoms with van der Waals surface area (Å²) in [5.74, 6) is -0.150. The van der Waals surface area contributed by atoms with E-state index in [4.69, 9.17) is 0 Å². The Hall–Kier alpha value is -1.46. The van der Waals surface area contributed by atoms with Crippen molar-refractivity contribution in [1.82, 2.24) is 15.1 Å². The maximum Gasteiger partial charge on any atom is 0.234 e. The van der Waals surface area contributed by atoms with Crippen molar-refractivity contribution in [3.8, 4) is 0 Å². The molecule has 2 fully saturated rings. The Morgan fingerprint density at radius 1 is 1.16 bits per heavy atom. The van der Waals surface area contributed by atoms with Gasteiger partial charge in [-0.25, -0.2) is 4.39 Å². The first-order chi connectivity index (χ1) is 12.1. The van der Waals surface area contributed by atoms with E-state index in [9.17, 15) is 9.18 Å². The van der Waals surface area contributed by atoms with Crippen LogP contribution in [-0.4, -0.2) is 54.5 Å². The average Bonchev–Trinajstić information content (AvgIpc) is 3.27. The van der Waals surface area contributed by atoms with Crippen molar-refractivity contribution in [3.05, 3.63) is 35.6 Å². The highest BCUT2D eigenvalue weighted by Gasteiger charge is 2.40. The number of likely N-dealkylation sites (tertiary alicyclic amines) is 1. The molecule has 0 spiro atoms. The van der Waals surface area contributed by atoms with E-state index in [2.05, 4.69) is 10.2 Å². The van der Waals surface area contributed by atoms with E-state index in [-0.39, 0.29) is 17.3 Å². The van der Waals surface area contributed by atoms with Gasteiger partial charge in [-0.3, -0.25) is 14.6 Å². The van der Waals surface area contributed by atoms with Crippen LogP contribution in [0.4, 0.5) is 4.39 Å². The molecular weight excluding hydrogens is 317 g/mol. The smallest absolute Gasteiger partial charge is 0.234 e. The van der Waals surface area contributed by atoms with Gasteiger partial charge in [0.1, 0.15) is 5.82 Å².